The number of hydroxylamine groups is 2. The Morgan fingerprint density at radius 3 is 2.50 bits per heavy atom. The summed E-state index contributed by atoms with van der Waals surface area (Å²) in [6.07, 6.45) is 0. The molecule has 4 nitrogen and oxygen atoms in total. The molecule has 20 heavy (non-hydrogen) atoms. The van der Waals surface area contributed by atoms with Crippen molar-refractivity contribution >= 4 is 21.9 Å². The quantitative estimate of drug-likeness (QED) is 0.914. The van der Waals surface area contributed by atoms with E-state index in [1.165, 1.54) is 5.56 Å². The summed E-state index contributed by atoms with van der Waals surface area (Å²) in [5.41, 5.74) is 0.800. The topological polar surface area (TPSA) is 41.6 Å². The molecule has 1 saturated heterocycles. The van der Waals surface area contributed by atoms with Crippen LogP contribution in [0.25, 0.3) is 0 Å². The second-order valence-electron chi connectivity index (χ2n) is 6.18. The van der Waals surface area contributed by atoms with Crippen molar-refractivity contribution in [1.82, 2.24) is 10.4 Å². The summed E-state index contributed by atoms with van der Waals surface area (Å²) in [5.74, 6) is -0.177. The highest BCUT2D eigenvalue weighted by Crippen LogP contribution is 2.19. The van der Waals surface area contributed by atoms with Gasteiger partial charge in [-0.25, -0.2) is 4.79 Å². The molecule has 2 rings (SSSR count). The van der Waals surface area contributed by atoms with Crippen LogP contribution in [0.2, 0.25) is 0 Å². The average Bonchev–Trinajstić information content (AvgIpc) is 2.32. The Bertz CT molecular complexity index is 462. The molecule has 1 aromatic carbocycles. The standard InChI is InChI=1S/C15H21BrN2O2/c1-15(2,3)14(19)20-18-9-13(10-18)17-8-11-4-6-12(16)7-5-11/h4-7,13,17H,8-10H2,1-3H3. The number of halogens is 1. The van der Waals surface area contributed by atoms with Crippen LogP contribution >= 0.6 is 15.9 Å². The molecule has 0 amide bonds. The Morgan fingerprint density at radius 1 is 1.35 bits per heavy atom. The molecule has 1 aromatic rings. The Hall–Kier alpha value is -0.910. The van der Waals surface area contributed by atoms with Gasteiger partial charge in [-0.1, -0.05) is 28.1 Å². The van der Waals surface area contributed by atoms with Crippen molar-refractivity contribution in [3.63, 3.8) is 0 Å². The fourth-order valence-corrected chi connectivity index (χ4v) is 2.02. The maximum Gasteiger partial charge on any atom is 0.330 e. The minimum Gasteiger partial charge on any atom is -0.367 e. The highest BCUT2D eigenvalue weighted by molar-refractivity contribution is 9.10. The van der Waals surface area contributed by atoms with Gasteiger partial charge in [0.05, 0.1) is 18.5 Å². The van der Waals surface area contributed by atoms with E-state index >= 15 is 0 Å². The Balaban J connectivity index is 1.67. The fraction of sp³-hybridized carbons (Fsp3) is 0.533. The summed E-state index contributed by atoms with van der Waals surface area (Å²) in [7, 11) is 0. The van der Waals surface area contributed by atoms with Crippen LogP contribution in [0.15, 0.2) is 28.7 Å². The van der Waals surface area contributed by atoms with Gasteiger partial charge in [0.25, 0.3) is 0 Å². The first-order chi connectivity index (χ1) is 9.34. The zero-order valence-corrected chi connectivity index (χ0v) is 13.7. The lowest BCUT2D eigenvalue weighted by atomic mass is 9.98. The van der Waals surface area contributed by atoms with Crippen molar-refractivity contribution in [2.24, 2.45) is 5.41 Å². The molecular formula is C15H21BrN2O2. The van der Waals surface area contributed by atoms with Gasteiger partial charge in [0, 0.05) is 17.1 Å². The van der Waals surface area contributed by atoms with E-state index < -0.39 is 5.41 Å². The van der Waals surface area contributed by atoms with Gasteiger partial charge in [-0.05, 0) is 38.5 Å². The second-order valence-corrected chi connectivity index (χ2v) is 7.10. The van der Waals surface area contributed by atoms with Gasteiger partial charge in [0.15, 0.2) is 0 Å². The van der Waals surface area contributed by atoms with Crippen LogP contribution in [0.3, 0.4) is 0 Å². The van der Waals surface area contributed by atoms with E-state index in [-0.39, 0.29) is 5.97 Å². The van der Waals surface area contributed by atoms with Crippen molar-refractivity contribution in [1.29, 1.82) is 0 Å². The number of carbonyl (C=O) groups excluding carboxylic acids is 1. The van der Waals surface area contributed by atoms with Crippen LogP contribution in [0.5, 0.6) is 0 Å². The van der Waals surface area contributed by atoms with Gasteiger partial charge in [0.2, 0.25) is 0 Å². The van der Waals surface area contributed by atoms with Gasteiger partial charge in [-0.15, -0.1) is 5.06 Å². The van der Waals surface area contributed by atoms with Crippen molar-refractivity contribution in [2.75, 3.05) is 13.1 Å². The SMILES string of the molecule is CC(C)(C)C(=O)ON1CC(NCc2ccc(Br)cc2)C1. The molecule has 110 valence electrons. The predicted octanol–water partition coefficient (Wildman–Crippen LogP) is 2.73. The molecule has 0 unspecified atom stereocenters. The minimum absolute atomic E-state index is 0.177. The van der Waals surface area contributed by atoms with Crippen LogP contribution in [-0.4, -0.2) is 30.2 Å². The highest BCUT2D eigenvalue weighted by Gasteiger charge is 2.33. The number of nitrogens with one attached hydrogen (secondary N) is 1. The molecular weight excluding hydrogens is 320 g/mol. The minimum atomic E-state index is -0.448. The summed E-state index contributed by atoms with van der Waals surface area (Å²) in [4.78, 5) is 17.0. The highest BCUT2D eigenvalue weighted by atomic mass is 79.9. The van der Waals surface area contributed by atoms with Crippen LogP contribution in [0.1, 0.15) is 26.3 Å². The molecule has 0 radical (unpaired) electrons. The first kappa shape index (κ1) is 15.5. The predicted molar refractivity (Wildman–Crippen MR) is 81.9 cm³/mol. The van der Waals surface area contributed by atoms with Crippen LogP contribution in [0, 0.1) is 5.41 Å². The lowest BCUT2D eigenvalue weighted by Gasteiger charge is -2.38. The summed E-state index contributed by atoms with van der Waals surface area (Å²) in [6, 6.07) is 8.64. The maximum absolute atomic E-state index is 11.7. The summed E-state index contributed by atoms with van der Waals surface area (Å²) >= 11 is 3.42. The Morgan fingerprint density at radius 2 is 1.95 bits per heavy atom. The second kappa shape index (κ2) is 6.24. The summed E-state index contributed by atoms with van der Waals surface area (Å²) in [6.45, 7) is 7.91. The van der Waals surface area contributed by atoms with Crippen molar-refractivity contribution < 1.29 is 9.63 Å². The monoisotopic (exact) mass is 340 g/mol. The smallest absolute Gasteiger partial charge is 0.330 e. The van der Waals surface area contributed by atoms with E-state index in [1.54, 1.807) is 5.06 Å². The Labute approximate surface area is 128 Å². The third-order valence-electron chi connectivity index (χ3n) is 3.18. The molecule has 0 spiro atoms. The molecule has 0 aliphatic carbocycles. The summed E-state index contributed by atoms with van der Waals surface area (Å²) in [5, 5.41) is 5.16. The normalized spacial score (nSPS) is 16.8. The maximum atomic E-state index is 11.7. The molecule has 0 aromatic heterocycles. The zero-order valence-electron chi connectivity index (χ0n) is 12.1. The average molecular weight is 341 g/mol. The zero-order chi connectivity index (χ0) is 14.8. The number of nitrogens with zero attached hydrogens (tertiary/aromatic N) is 1. The Kier molecular flexibility index (Phi) is 4.83. The van der Waals surface area contributed by atoms with Crippen LogP contribution < -0.4 is 5.32 Å². The van der Waals surface area contributed by atoms with Crippen molar-refractivity contribution in [3.8, 4) is 0 Å². The largest absolute Gasteiger partial charge is 0.367 e. The first-order valence-electron chi connectivity index (χ1n) is 6.80. The number of benzene rings is 1. The van der Waals surface area contributed by atoms with E-state index in [2.05, 4.69) is 33.4 Å². The molecule has 5 heteroatoms. The number of rotatable bonds is 4. The van der Waals surface area contributed by atoms with E-state index in [9.17, 15) is 4.79 Å². The van der Waals surface area contributed by atoms with Gasteiger partial charge < -0.3 is 10.2 Å². The molecule has 1 fully saturated rings. The third kappa shape index (κ3) is 4.30. The van der Waals surface area contributed by atoms with Gasteiger partial charge >= 0.3 is 5.97 Å². The fourth-order valence-electron chi connectivity index (χ4n) is 1.76. The first-order valence-corrected chi connectivity index (χ1v) is 7.59. The van der Waals surface area contributed by atoms with E-state index in [0.29, 0.717) is 6.04 Å². The molecule has 1 aliphatic rings. The molecule has 0 bridgehead atoms. The van der Waals surface area contributed by atoms with Gasteiger partial charge in [-0.3, -0.25) is 0 Å². The van der Waals surface area contributed by atoms with Crippen molar-refractivity contribution in [3.05, 3.63) is 34.3 Å². The van der Waals surface area contributed by atoms with Crippen LogP contribution in [-0.2, 0) is 16.2 Å². The van der Waals surface area contributed by atoms with Crippen LogP contribution in [0.4, 0.5) is 0 Å². The molecule has 0 saturated carbocycles. The van der Waals surface area contributed by atoms with Crippen molar-refractivity contribution in [2.45, 2.75) is 33.4 Å². The summed E-state index contributed by atoms with van der Waals surface area (Å²) < 4.78 is 1.09. The number of carbonyl (C=O) groups is 1. The lowest BCUT2D eigenvalue weighted by molar-refractivity contribution is -0.222. The van der Waals surface area contributed by atoms with E-state index in [0.717, 1.165) is 24.1 Å². The molecule has 1 N–H and O–H groups in total. The van der Waals surface area contributed by atoms with E-state index in [1.807, 2.05) is 32.9 Å². The molecule has 1 aliphatic heterocycles. The lowest BCUT2D eigenvalue weighted by Crippen LogP contribution is -2.58. The van der Waals surface area contributed by atoms with E-state index in [4.69, 9.17) is 4.84 Å². The molecule has 1 heterocycles. The number of hydrogen-bond donors (Lipinski definition) is 1. The number of hydrogen-bond acceptors (Lipinski definition) is 4. The van der Waals surface area contributed by atoms with Gasteiger partial charge in [-0.2, -0.15) is 0 Å². The third-order valence-corrected chi connectivity index (χ3v) is 3.71. The van der Waals surface area contributed by atoms with Gasteiger partial charge in [0.1, 0.15) is 0 Å². The molecule has 0 atom stereocenters.